The third kappa shape index (κ3) is 13.1. The molecule has 18 rings (SSSR count). The third-order valence-electron chi connectivity index (χ3n) is 23.5. The van der Waals surface area contributed by atoms with E-state index < -0.39 is 0 Å². The summed E-state index contributed by atoms with van der Waals surface area (Å²) in [5.41, 5.74) is 32.9. The van der Waals surface area contributed by atoms with Crippen LogP contribution in [0.4, 0.5) is 68.2 Å². The van der Waals surface area contributed by atoms with Crippen LogP contribution in [0.3, 0.4) is 0 Å². The molecular formula is C107H94N4. The summed E-state index contributed by atoms with van der Waals surface area (Å²) >= 11 is 0. The highest BCUT2D eigenvalue weighted by Gasteiger charge is 2.28. The predicted octanol–water partition coefficient (Wildman–Crippen LogP) is 31.4. The van der Waals surface area contributed by atoms with Crippen molar-refractivity contribution >= 4 is 133 Å². The number of para-hydroxylation sites is 1. The number of aryl methyl sites for hydroxylation is 9. The minimum Gasteiger partial charge on any atom is -0.310 e. The summed E-state index contributed by atoms with van der Waals surface area (Å²) in [4.78, 5) is 9.81. The third-order valence-corrected chi connectivity index (χ3v) is 23.5. The molecule has 0 heterocycles. The molecule has 0 aliphatic heterocycles. The van der Waals surface area contributed by atoms with E-state index >= 15 is 0 Å². The number of hydrogen-bond acceptors (Lipinski definition) is 4. The van der Waals surface area contributed by atoms with Crippen LogP contribution in [0.25, 0.3) is 86.9 Å². The van der Waals surface area contributed by atoms with Crippen molar-refractivity contribution < 1.29 is 0 Å². The molecule has 18 aromatic rings. The van der Waals surface area contributed by atoms with Crippen LogP contribution in [-0.4, -0.2) is 0 Å². The highest BCUT2D eigenvalue weighted by atomic mass is 15.2. The molecule has 0 saturated heterocycles. The number of rotatable bonds is 16. The molecule has 0 N–H and O–H groups in total. The average molecular weight is 1440 g/mol. The number of benzene rings is 18. The second-order valence-corrected chi connectivity index (χ2v) is 31.4. The Kier molecular flexibility index (Phi) is 18.8. The normalized spacial score (nSPS) is 11.6. The molecule has 4 heteroatoms. The van der Waals surface area contributed by atoms with Crippen molar-refractivity contribution in [3.63, 3.8) is 0 Å². The van der Waals surface area contributed by atoms with E-state index in [0.29, 0.717) is 11.8 Å². The number of anilines is 12. The molecule has 0 unspecified atom stereocenters. The van der Waals surface area contributed by atoms with Gasteiger partial charge in [-0.25, -0.2) is 0 Å². The lowest BCUT2D eigenvalue weighted by molar-refractivity contribution is 0.866. The van der Waals surface area contributed by atoms with Crippen LogP contribution in [-0.2, 0) is 0 Å². The van der Waals surface area contributed by atoms with Crippen LogP contribution in [0.15, 0.2) is 322 Å². The zero-order valence-electron chi connectivity index (χ0n) is 66.0. The molecule has 0 aliphatic carbocycles. The van der Waals surface area contributed by atoms with Crippen molar-refractivity contribution in [1.29, 1.82) is 0 Å². The molecule has 0 amide bonds. The maximum atomic E-state index is 2.47. The average Bonchev–Trinajstić information content (AvgIpc) is 0.706. The zero-order valence-corrected chi connectivity index (χ0v) is 66.0. The Labute approximate surface area is 655 Å². The van der Waals surface area contributed by atoms with Gasteiger partial charge in [-0.15, -0.1) is 0 Å². The lowest BCUT2D eigenvalue weighted by atomic mass is 9.85. The van der Waals surface area contributed by atoms with Gasteiger partial charge in [-0.1, -0.05) is 233 Å². The molecule has 0 radical (unpaired) electrons. The van der Waals surface area contributed by atoms with Gasteiger partial charge in [0.25, 0.3) is 0 Å². The van der Waals surface area contributed by atoms with Gasteiger partial charge in [-0.3, -0.25) is 0 Å². The van der Waals surface area contributed by atoms with Gasteiger partial charge < -0.3 is 19.6 Å². The molecule has 18 aromatic carbocycles. The summed E-state index contributed by atoms with van der Waals surface area (Å²) < 4.78 is 0. The van der Waals surface area contributed by atoms with Crippen molar-refractivity contribution in [2.24, 2.45) is 0 Å². The van der Waals surface area contributed by atoms with Crippen molar-refractivity contribution in [2.75, 3.05) is 19.6 Å². The van der Waals surface area contributed by atoms with E-state index in [9.17, 15) is 0 Å². The van der Waals surface area contributed by atoms with Gasteiger partial charge in [0, 0.05) is 77.8 Å². The molecule has 0 atom stereocenters. The van der Waals surface area contributed by atoms with Gasteiger partial charge in [-0.2, -0.15) is 0 Å². The maximum absolute atomic E-state index is 2.47. The minimum absolute atomic E-state index is 0.442. The molecular weight excluding hydrogens is 1340 g/mol. The first-order chi connectivity index (χ1) is 53.9. The van der Waals surface area contributed by atoms with Gasteiger partial charge >= 0.3 is 0 Å². The summed E-state index contributed by atoms with van der Waals surface area (Å²) in [6.07, 6.45) is 0. The van der Waals surface area contributed by atoms with E-state index in [1.165, 1.54) is 182 Å². The first kappa shape index (κ1) is 71.2. The number of hydrogen-bond donors (Lipinski definition) is 0. The molecule has 111 heavy (non-hydrogen) atoms. The Balaban J connectivity index is 0.000000165. The largest absolute Gasteiger partial charge is 0.310 e. The quantitative estimate of drug-likeness (QED) is 0.0894. The molecule has 0 spiro atoms. The minimum atomic E-state index is 0.442. The fourth-order valence-electron chi connectivity index (χ4n) is 16.7. The Morgan fingerprint density at radius 1 is 0.198 bits per heavy atom. The van der Waals surface area contributed by atoms with E-state index in [4.69, 9.17) is 0 Å². The van der Waals surface area contributed by atoms with Crippen molar-refractivity contribution in [1.82, 2.24) is 0 Å². The van der Waals surface area contributed by atoms with Crippen LogP contribution in [0.2, 0.25) is 0 Å². The topological polar surface area (TPSA) is 13.0 Å². The van der Waals surface area contributed by atoms with E-state index in [1.54, 1.807) is 0 Å². The van der Waals surface area contributed by atoms with Crippen LogP contribution in [0, 0.1) is 62.3 Å². The summed E-state index contributed by atoms with van der Waals surface area (Å²) in [7, 11) is 0. The van der Waals surface area contributed by atoms with Crippen LogP contribution >= 0.6 is 0 Å². The first-order valence-electron chi connectivity index (χ1n) is 39.3. The maximum Gasteiger partial charge on any atom is 0.0546 e. The molecule has 4 nitrogen and oxygen atoms in total. The fourth-order valence-corrected chi connectivity index (χ4v) is 16.7. The second kappa shape index (κ2) is 29.3. The van der Waals surface area contributed by atoms with Crippen molar-refractivity contribution in [3.05, 3.63) is 383 Å². The Morgan fingerprint density at radius 3 is 0.802 bits per heavy atom. The van der Waals surface area contributed by atoms with Gasteiger partial charge in [0.15, 0.2) is 0 Å². The predicted molar refractivity (Wildman–Crippen MR) is 481 cm³/mol. The van der Waals surface area contributed by atoms with E-state index in [2.05, 4.69) is 431 Å². The van der Waals surface area contributed by atoms with Gasteiger partial charge in [0.1, 0.15) is 0 Å². The molecule has 0 saturated carbocycles. The monoisotopic (exact) mass is 1430 g/mol. The Hall–Kier alpha value is -12.8. The van der Waals surface area contributed by atoms with E-state index in [0.717, 1.165) is 34.1 Å². The molecule has 0 bridgehead atoms. The molecule has 0 aromatic heterocycles. The van der Waals surface area contributed by atoms with Gasteiger partial charge in [0.2, 0.25) is 0 Å². The van der Waals surface area contributed by atoms with Gasteiger partial charge in [-0.05, 0) is 306 Å². The molecule has 0 aliphatic rings. The Bertz CT molecular complexity index is 6190. The van der Waals surface area contributed by atoms with Crippen molar-refractivity contribution in [3.8, 4) is 22.3 Å². The summed E-state index contributed by atoms with van der Waals surface area (Å²) in [5, 5.41) is 15.1. The smallest absolute Gasteiger partial charge is 0.0546 e. The van der Waals surface area contributed by atoms with Gasteiger partial charge in [0.05, 0.1) is 22.7 Å². The summed E-state index contributed by atoms with van der Waals surface area (Å²) in [6.45, 7) is 28.8. The highest BCUT2D eigenvalue weighted by molar-refractivity contribution is 6.33. The number of nitrogens with zero attached hydrogens (tertiary/aromatic N) is 4. The Morgan fingerprint density at radius 2 is 0.468 bits per heavy atom. The fraction of sp³-hybridized carbons (Fsp3) is 0.140. The highest BCUT2D eigenvalue weighted by Crippen LogP contribution is 2.54. The SMILES string of the molecule is Cc1ccc(N(c2ccc(C(C)C)cc2)c2cc(-c3ccccc3)c3ccc4c(N(c5ccccc5)c5ccc(C(C)C)cc5)cc(-c5ccccc5)c5ccc2c3c54)cc1.Cc1ccc(N(c2ccc(C)c(C)c2)c2ccc3ccc4c(N(c5ccc(C)c(C)c5)c5ccc(C)c(C)c5)ccc5ccc2c3c54)cc1C. The van der Waals surface area contributed by atoms with Crippen LogP contribution in [0.1, 0.15) is 101 Å². The standard InChI is InChI=1S/C59H50N2.C48H44N2/c1-39(2)42-23-29-48(30-24-42)60(46-19-13-8-14-20-46)56-37-54(44-15-9-6-10-16-44)50-34-36-53-57(38-55(45-17-11-7-12-18-45)51-33-35-52(56)58(50)59(51)53)61(47-27-21-41(5)22-28-47)49-31-25-43(26-32-49)40(3)4;1-29-9-17-39(25-33(29)5)49(40-18-10-30(2)34(6)26-40)45-23-15-37-14-22-44-46(24-16-38-13-21-43(45)47(37)48(38)44)50(41-19-11-31(3)35(7)27-41)42-20-12-32(4)36(8)28-42/h6-40H,1-5H3;9-28H,1-8H3. The van der Waals surface area contributed by atoms with E-state index in [-0.39, 0.29) is 0 Å². The van der Waals surface area contributed by atoms with E-state index in [1.807, 2.05) is 0 Å². The summed E-state index contributed by atoms with van der Waals surface area (Å²) in [5.74, 6) is 0.886. The molecule has 0 fully saturated rings. The summed E-state index contributed by atoms with van der Waals surface area (Å²) in [6, 6.07) is 120. The zero-order chi connectivity index (χ0) is 76.5. The van der Waals surface area contributed by atoms with Crippen LogP contribution in [0.5, 0.6) is 0 Å². The first-order valence-corrected chi connectivity index (χ1v) is 39.3. The van der Waals surface area contributed by atoms with Crippen LogP contribution < -0.4 is 19.6 Å². The lowest BCUT2D eigenvalue weighted by Gasteiger charge is -2.31. The van der Waals surface area contributed by atoms with Crippen molar-refractivity contribution in [2.45, 2.75) is 102 Å². The second-order valence-electron chi connectivity index (χ2n) is 31.4. The molecule has 542 valence electrons. The lowest BCUT2D eigenvalue weighted by Crippen LogP contribution is -2.12.